The van der Waals surface area contributed by atoms with E-state index in [1.807, 2.05) is 12.1 Å². The van der Waals surface area contributed by atoms with Crippen LogP contribution in [0.4, 0.5) is 11.5 Å². The van der Waals surface area contributed by atoms with Crippen LogP contribution in [-0.2, 0) is 6.54 Å². The third kappa shape index (κ3) is 4.36. The number of hydrogen-bond donors (Lipinski definition) is 2. The van der Waals surface area contributed by atoms with Gasteiger partial charge in [0, 0.05) is 12.2 Å². The predicted molar refractivity (Wildman–Crippen MR) is 101 cm³/mol. The topological polar surface area (TPSA) is 76.1 Å². The van der Waals surface area contributed by atoms with Crippen molar-refractivity contribution in [1.29, 1.82) is 0 Å². The van der Waals surface area contributed by atoms with Crippen molar-refractivity contribution in [3.05, 3.63) is 77.5 Å². The van der Waals surface area contributed by atoms with E-state index in [0.717, 1.165) is 5.75 Å². The van der Waals surface area contributed by atoms with Crippen molar-refractivity contribution in [3.8, 4) is 5.75 Å². The Balaban J connectivity index is 1.59. The molecule has 1 heterocycles. The average molecular weight is 348 g/mol. The molecule has 1 aromatic heterocycles. The maximum absolute atomic E-state index is 12.2. The Labute approximate surface area is 152 Å². The van der Waals surface area contributed by atoms with Gasteiger partial charge in [-0.15, -0.1) is 10.2 Å². The summed E-state index contributed by atoms with van der Waals surface area (Å²) in [6, 6.07) is 18.6. The number of methoxy groups -OCH3 is 1. The summed E-state index contributed by atoms with van der Waals surface area (Å²) in [6.07, 6.45) is 0. The maximum atomic E-state index is 12.2. The fourth-order valence-corrected chi connectivity index (χ4v) is 2.41. The van der Waals surface area contributed by atoms with Crippen molar-refractivity contribution >= 4 is 17.4 Å². The summed E-state index contributed by atoms with van der Waals surface area (Å²) >= 11 is 0. The van der Waals surface area contributed by atoms with Gasteiger partial charge in [-0.3, -0.25) is 4.79 Å². The van der Waals surface area contributed by atoms with Crippen LogP contribution in [0.15, 0.2) is 60.7 Å². The molecule has 0 spiro atoms. The summed E-state index contributed by atoms with van der Waals surface area (Å²) in [5.74, 6) is 1.04. The second-order valence-electron chi connectivity index (χ2n) is 5.77. The lowest BCUT2D eigenvalue weighted by Crippen LogP contribution is -2.15. The number of benzene rings is 2. The zero-order valence-electron chi connectivity index (χ0n) is 14.7. The molecule has 2 N–H and O–H groups in total. The number of rotatable bonds is 6. The number of aromatic nitrogens is 2. The van der Waals surface area contributed by atoms with E-state index in [0.29, 0.717) is 18.1 Å². The molecule has 0 saturated carbocycles. The third-order valence-electron chi connectivity index (χ3n) is 3.97. The molecule has 0 aliphatic heterocycles. The highest BCUT2D eigenvalue weighted by Crippen LogP contribution is 2.16. The minimum absolute atomic E-state index is 0.252. The van der Waals surface area contributed by atoms with Crippen molar-refractivity contribution in [2.75, 3.05) is 17.7 Å². The number of nitrogens with one attached hydrogen (secondary N) is 2. The van der Waals surface area contributed by atoms with Crippen molar-refractivity contribution in [2.45, 2.75) is 13.5 Å². The second-order valence-corrected chi connectivity index (χ2v) is 5.77. The number of carbonyl (C=O) groups excluding carboxylic acids is 1. The first-order valence-corrected chi connectivity index (χ1v) is 8.23. The minimum atomic E-state index is -0.312. The van der Waals surface area contributed by atoms with E-state index in [-0.39, 0.29) is 11.6 Å². The Morgan fingerprint density at radius 1 is 1.00 bits per heavy atom. The molecule has 3 rings (SSSR count). The van der Waals surface area contributed by atoms with Crippen molar-refractivity contribution in [2.24, 2.45) is 0 Å². The molecule has 0 fully saturated rings. The van der Waals surface area contributed by atoms with E-state index in [9.17, 15) is 4.79 Å². The maximum Gasteiger partial charge on any atom is 0.276 e. The van der Waals surface area contributed by atoms with E-state index in [1.165, 1.54) is 11.1 Å². The van der Waals surface area contributed by atoms with E-state index < -0.39 is 0 Å². The second kappa shape index (κ2) is 8.11. The molecule has 0 bridgehead atoms. The van der Waals surface area contributed by atoms with E-state index in [2.05, 4.69) is 39.9 Å². The highest BCUT2D eigenvalue weighted by Gasteiger charge is 2.09. The SMILES string of the molecule is COc1ccc(NC(=O)c2ccc(NCc3ccccc3C)nn2)cc1. The molecule has 1 amide bonds. The van der Waals surface area contributed by atoms with Crippen LogP contribution in [0.1, 0.15) is 21.6 Å². The van der Waals surface area contributed by atoms with Crippen LogP contribution in [0.5, 0.6) is 5.75 Å². The molecule has 132 valence electrons. The van der Waals surface area contributed by atoms with Crippen LogP contribution in [0.3, 0.4) is 0 Å². The lowest BCUT2D eigenvalue weighted by Gasteiger charge is -2.08. The van der Waals surface area contributed by atoms with Gasteiger partial charge >= 0.3 is 0 Å². The lowest BCUT2D eigenvalue weighted by molar-refractivity contribution is 0.102. The van der Waals surface area contributed by atoms with Crippen LogP contribution in [0.2, 0.25) is 0 Å². The summed E-state index contributed by atoms with van der Waals surface area (Å²) in [7, 11) is 1.60. The monoisotopic (exact) mass is 348 g/mol. The molecule has 6 nitrogen and oxygen atoms in total. The molecule has 3 aromatic rings. The van der Waals surface area contributed by atoms with E-state index in [4.69, 9.17) is 4.74 Å². The summed E-state index contributed by atoms with van der Waals surface area (Å²) in [5.41, 5.74) is 3.32. The predicted octanol–water partition coefficient (Wildman–Crippen LogP) is 3.66. The third-order valence-corrected chi connectivity index (χ3v) is 3.97. The van der Waals surface area contributed by atoms with Gasteiger partial charge in [0.1, 0.15) is 11.6 Å². The number of carbonyl (C=O) groups is 1. The largest absolute Gasteiger partial charge is 0.497 e. The molecule has 2 aromatic carbocycles. The molecular weight excluding hydrogens is 328 g/mol. The van der Waals surface area contributed by atoms with Crippen LogP contribution in [-0.4, -0.2) is 23.2 Å². The molecule has 0 aliphatic carbocycles. The van der Waals surface area contributed by atoms with Gasteiger partial charge in [0.25, 0.3) is 5.91 Å². The Hall–Kier alpha value is -3.41. The van der Waals surface area contributed by atoms with Gasteiger partial charge in [-0.25, -0.2) is 0 Å². The number of aryl methyl sites for hydroxylation is 1. The fourth-order valence-electron chi connectivity index (χ4n) is 2.41. The average Bonchev–Trinajstić information content (AvgIpc) is 2.68. The molecule has 6 heteroatoms. The molecular formula is C20H20N4O2. The Morgan fingerprint density at radius 3 is 2.42 bits per heavy atom. The number of nitrogens with zero attached hydrogens (tertiary/aromatic N) is 2. The Bertz CT molecular complexity index is 877. The zero-order valence-corrected chi connectivity index (χ0v) is 14.7. The minimum Gasteiger partial charge on any atom is -0.497 e. The standard InChI is InChI=1S/C20H20N4O2/c1-14-5-3-4-6-15(14)13-21-19-12-11-18(23-24-19)20(25)22-16-7-9-17(26-2)10-8-16/h3-12H,13H2,1-2H3,(H,21,24)(H,22,25). The smallest absolute Gasteiger partial charge is 0.276 e. The number of anilines is 2. The van der Waals surface area contributed by atoms with E-state index in [1.54, 1.807) is 43.5 Å². The zero-order chi connectivity index (χ0) is 18.4. The van der Waals surface area contributed by atoms with Gasteiger partial charge in [-0.05, 0) is 54.4 Å². The van der Waals surface area contributed by atoms with Crippen LogP contribution >= 0.6 is 0 Å². The van der Waals surface area contributed by atoms with Crippen molar-refractivity contribution in [3.63, 3.8) is 0 Å². The first-order valence-electron chi connectivity index (χ1n) is 8.23. The molecule has 0 aliphatic rings. The van der Waals surface area contributed by atoms with Gasteiger partial charge in [-0.2, -0.15) is 0 Å². The van der Waals surface area contributed by atoms with Crippen LogP contribution < -0.4 is 15.4 Å². The summed E-state index contributed by atoms with van der Waals surface area (Å²) in [6.45, 7) is 2.72. The normalized spacial score (nSPS) is 10.2. The summed E-state index contributed by atoms with van der Waals surface area (Å²) < 4.78 is 5.09. The first kappa shape index (κ1) is 17.4. The molecule has 26 heavy (non-hydrogen) atoms. The fraction of sp³-hybridized carbons (Fsp3) is 0.150. The van der Waals surface area contributed by atoms with Gasteiger partial charge in [0.05, 0.1) is 7.11 Å². The molecule has 0 radical (unpaired) electrons. The molecule has 0 saturated heterocycles. The molecule has 0 atom stereocenters. The van der Waals surface area contributed by atoms with Gasteiger partial charge < -0.3 is 15.4 Å². The van der Waals surface area contributed by atoms with Crippen molar-refractivity contribution in [1.82, 2.24) is 10.2 Å². The lowest BCUT2D eigenvalue weighted by atomic mass is 10.1. The van der Waals surface area contributed by atoms with Crippen LogP contribution in [0.25, 0.3) is 0 Å². The highest BCUT2D eigenvalue weighted by molar-refractivity contribution is 6.02. The highest BCUT2D eigenvalue weighted by atomic mass is 16.5. The summed E-state index contributed by atoms with van der Waals surface area (Å²) in [5, 5.41) is 14.1. The molecule has 0 unspecified atom stereocenters. The van der Waals surface area contributed by atoms with E-state index >= 15 is 0 Å². The number of hydrogen-bond acceptors (Lipinski definition) is 5. The van der Waals surface area contributed by atoms with Gasteiger partial charge in [-0.1, -0.05) is 24.3 Å². The van der Waals surface area contributed by atoms with Gasteiger partial charge in [0.15, 0.2) is 5.69 Å². The Kier molecular flexibility index (Phi) is 5.43. The number of amides is 1. The quantitative estimate of drug-likeness (QED) is 0.711. The first-order chi connectivity index (χ1) is 12.7. The van der Waals surface area contributed by atoms with Crippen molar-refractivity contribution < 1.29 is 9.53 Å². The van der Waals surface area contributed by atoms with Crippen LogP contribution in [0, 0.1) is 6.92 Å². The number of ether oxygens (including phenoxy) is 1. The Morgan fingerprint density at radius 2 is 1.77 bits per heavy atom. The summed E-state index contributed by atoms with van der Waals surface area (Å²) in [4.78, 5) is 12.2. The van der Waals surface area contributed by atoms with Gasteiger partial charge in [0.2, 0.25) is 0 Å².